The molecule has 0 aromatic heterocycles. The lowest BCUT2D eigenvalue weighted by Crippen LogP contribution is -2.58. The van der Waals surface area contributed by atoms with Crippen LogP contribution in [0.4, 0.5) is 0 Å². The summed E-state index contributed by atoms with van der Waals surface area (Å²) in [7, 11) is 2.90. The summed E-state index contributed by atoms with van der Waals surface area (Å²) in [6.07, 6.45) is -2.32. The van der Waals surface area contributed by atoms with Crippen molar-refractivity contribution in [3.8, 4) is 0 Å². The SMILES string of the molecule is CO[C@H]1[C@H](OC(C)=O)[C@@H](OC(C)=O)[C@@H](OC)S[C@@H]1COC(C)=O. The highest BCUT2D eigenvalue weighted by molar-refractivity contribution is 8.00. The smallest absolute Gasteiger partial charge is 0.303 e. The van der Waals surface area contributed by atoms with Crippen LogP contribution in [0.5, 0.6) is 0 Å². The van der Waals surface area contributed by atoms with Gasteiger partial charge in [0.05, 0.1) is 5.25 Å². The number of hydrogen-bond acceptors (Lipinski definition) is 9. The van der Waals surface area contributed by atoms with Gasteiger partial charge in [-0.1, -0.05) is 0 Å². The lowest BCUT2D eigenvalue weighted by Gasteiger charge is -2.43. The van der Waals surface area contributed by atoms with Crippen LogP contribution < -0.4 is 0 Å². The maximum atomic E-state index is 11.4. The van der Waals surface area contributed by atoms with Crippen LogP contribution in [-0.2, 0) is 38.1 Å². The van der Waals surface area contributed by atoms with Gasteiger partial charge in [0.2, 0.25) is 0 Å². The molecule has 1 heterocycles. The number of methoxy groups -OCH3 is 2. The quantitative estimate of drug-likeness (QED) is 0.501. The molecule has 8 nitrogen and oxygen atoms in total. The molecule has 1 aliphatic heterocycles. The van der Waals surface area contributed by atoms with Crippen molar-refractivity contribution in [1.82, 2.24) is 0 Å². The van der Waals surface area contributed by atoms with Crippen molar-refractivity contribution in [2.24, 2.45) is 0 Å². The normalized spacial score (nSPS) is 30.4. The van der Waals surface area contributed by atoms with Crippen molar-refractivity contribution in [3.05, 3.63) is 0 Å². The molecule has 0 amide bonds. The second-order valence-electron chi connectivity index (χ2n) is 4.93. The van der Waals surface area contributed by atoms with Crippen LogP contribution in [0.25, 0.3) is 0 Å². The largest absolute Gasteiger partial charge is 0.465 e. The second-order valence-corrected chi connectivity index (χ2v) is 6.27. The van der Waals surface area contributed by atoms with Crippen LogP contribution in [0.15, 0.2) is 0 Å². The number of carbonyl (C=O) groups excluding carboxylic acids is 3. The number of rotatable bonds is 6. The molecule has 0 radical (unpaired) electrons. The number of ether oxygens (including phenoxy) is 5. The first-order valence-corrected chi connectivity index (χ1v) is 7.93. The van der Waals surface area contributed by atoms with Crippen molar-refractivity contribution < 1.29 is 38.1 Å². The second kappa shape index (κ2) is 9.09. The summed E-state index contributed by atoms with van der Waals surface area (Å²) in [4.78, 5) is 33.8. The van der Waals surface area contributed by atoms with E-state index in [2.05, 4.69) is 0 Å². The minimum absolute atomic E-state index is 0.0585. The fourth-order valence-electron chi connectivity index (χ4n) is 2.33. The van der Waals surface area contributed by atoms with Crippen LogP contribution in [-0.4, -0.2) is 67.7 Å². The van der Waals surface area contributed by atoms with Crippen molar-refractivity contribution in [2.75, 3.05) is 20.8 Å². The number of hydrogen-bond donors (Lipinski definition) is 0. The average Bonchev–Trinajstić information content (AvgIpc) is 2.45. The summed E-state index contributed by atoms with van der Waals surface area (Å²) in [5.74, 6) is -1.49. The maximum absolute atomic E-state index is 11.4. The molecule has 0 spiro atoms. The first-order chi connectivity index (χ1) is 10.8. The molecule has 0 saturated carbocycles. The van der Waals surface area contributed by atoms with E-state index >= 15 is 0 Å². The van der Waals surface area contributed by atoms with Crippen molar-refractivity contribution in [2.45, 2.75) is 49.8 Å². The lowest BCUT2D eigenvalue weighted by molar-refractivity contribution is -0.187. The third kappa shape index (κ3) is 5.67. The van der Waals surface area contributed by atoms with Crippen LogP contribution in [0, 0.1) is 0 Å². The zero-order chi connectivity index (χ0) is 17.6. The van der Waals surface area contributed by atoms with Gasteiger partial charge in [-0.05, 0) is 0 Å². The van der Waals surface area contributed by atoms with Gasteiger partial charge < -0.3 is 23.7 Å². The topological polar surface area (TPSA) is 97.4 Å². The van der Waals surface area contributed by atoms with E-state index in [1.54, 1.807) is 0 Å². The number of carbonyl (C=O) groups is 3. The van der Waals surface area contributed by atoms with E-state index in [0.717, 1.165) is 0 Å². The molecule has 23 heavy (non-hydrogen) atoms. The molecule has 0 aromatic rings. The van der Waals surface area contributed by atoms with Gasteiger partial charge in [0.25, 0.3) is 0 Å². The predicted molar refractivity (Wildman–Crippen MR) is 80.7 cm³/mol. The Labute approximate surface area is 139 Å². The molecule has 0 aliphatic carbocycles. The van der Waals surface area contributed by atoms with E-state index in [-0.39, 0.29) is 11.9 Å². The zero-order valence-electron chi connectivity index (χ0n) is 13.8. The van der Waals surface area contributed by atoms with E-state index in [4.69, 9.17) is 23.7 Å². The van der Waals surface area contributed by atoms with Crippen LogP contribution >= 0.6 is 11.8 Å². The Morgan fingerprint density at radius 1 is 0.826 bits per heavy atom. The Bertz CT molecular complexity index is 440. The average molecular weight is 350 g/mol. The molecular formula is C14H22O8S. The summed E-state index contributed by atoms with van der Waals surface area (Å²) in [6, 6.07) is 0. The summed E-state index contributed by atoms with van der Waals surface area (Å²) >= 11 is 1.29. The minimum atomic E-state index is -0.867. The monoisotopic (exact) mass is 350 g/mol. The fraction of sp³-hybridized carbons (Fsp3) is 0.786. The van der Waals surface area contributed by atoms with Crippen molar-refractivity contribution in [1.29, 1.82) is 0 Å². The summed E-state index contributed by atoms with van der Waals surface area (Å²) in [5.41, 5.74) is -0.588. The van der Waals surface area contributed by atoms with Gasteiger partial charge in [0, 0.05) is 35.0 Å². The van der Waals surface area contributed by atoms with E-state index < -0.39 is 41.7 Å². The molecule has 0 N–H and O–H groups in total. The van der Waals surface area contributed by atoms with E-state index in [9.17, 15) is 14.4 Å². The Balaban J connectivity index is 3.04. The standard InChI is InChI=1S/C14H22O8S/c1-7(15)20-6-10-11(18-4)12(21-8(2)16)13(22-9(3)17)14(19-5)23-10/h10-14H,6H2,1-5H3/t10-,11-,12+,13-,14+/m1/s1. The Hall–Kier alpha value is -1.32. The van der Waals surface area contributed by atoms with Gasteiger partial charge in [-0.15, -0.1) is 11.8 Å². The summed E-state index contributed by atoms with van der Waals surface area (Å²) in [6.45, 7) is 3.87. The van der Waals surface area contributed by atoms with Gasteiger partial charge in [-0.3, -0.25) is 14.4 Å². The van der Waals surface area contributed by atoms with Gasteiger partial charge in [0.15, 0.2) is 12.2 Å². The van der Waals surface area contributed by atoms with Gasteiger partial charge >= 0.3 is 17.9 Å². The number of thioether (sulfide) groups is 1. The molecule has 0 bridgehead atoms. The molecule has 1 aliphatic rings. The van der Waals surface area contributed by atoms with Crippen LogP contribution in [0.3, 0.4) is 0 Å². The minimum Gasteiger partial charge on any atom is -0.465 e. The molecule has 0 unspecified atom stereocenters. The molecule has 1 saturated heterocycles. The summed E-state index contributed by atoms with van der Waals surface area (Å²) in [5, 5.41) is -0.343. The molecule has 1 fully saturated rings. The highest BCUT2D eigenvalue weighted by atomic mass is 32.2. The Morgan fingerprint density at radius 2 is 1.39 bits per heavy atom. The Morgan fingerprint density at radius 3 is 1.83 bits per heavy atom. The molecule has 132 valence electrons. The molecular weight excluding hydrogens is 328 g/mol. The molecule has 9 heteroatoms. The summed E-state index contributed by atoms with van der Waals surface area (Å²) < 4.78 is 26.4. The fourth-order valence-corrected chi connectivity index (χ4v) is 3.72. The van der Waals surface area contributed by atoms with Gasteiger partial charge in [-0.25, -0.2) is 0 Å². The van der Waals surface area contributed by atoms with Gasteiger partial charge in [0.1, 0.15) is 18.1 Å². The zero-order valence-corrected chi connectivity index (χ0v) is 14.6. The molecule has 5 atom stereocenters. The van der Waals surface area contributed by atoms with E-state index in [1.165, 1.54) is 46.8 Å². The molecule has 0 aromatic carbocycles. The van der Waals surface area contributed by atoms with Crippen LogP contribution in [0.2, 0.25) is 0 Å². The Kier molecular flexibility index (Phi) is 7.80. The highest BCUT2D eigenvalue weighted by Gasteiger charge is 2.50. The van der Waals surface area contributed by atoms with Crippen molar-refractivity contribution >= 4 is 29.7 Å². The lowest BCUT2D eigenvalue weighted by atomic mass is 10.0. The predicted octanol–water partition coefficient (Wildman–Crippen LogP) is 0.516. The van der Waals surface area contributed by atoms with Gasteiger partial charge in [-0.2, -0.15) is 0 Å². The first kappa shape index (κ1) is 19.7. The maximum Gasteiger partial charge on any atom is 0.303 e. The molecule has 1 rings (SSSR count). The first-order valence-electron chi connectivity index (χ1n) is 6.99. The van der Waals surface area contributed by atoms with E-state index in [1.807, 2.05) is 0 Å². The van der Waals surface area contributed by atoms with E-state index in [0.29, 0.717) is 0 Å². The van der Waals surface area contributed by atoms with Crippen molar-refractivity contribution in [3.63, 3.8) is 0 Å². The highest BCUT2D eigenvalue weighted by Crippen LogP contribution is 2.37. The third-order valence-corrected chi connectivity index (χ3v) is 4.63. The number of esters is 3. The third-order valence-electron chi connectivity index (χ3n) is 3.15. The van der Waals surface area contributed by atoms with Crippen LogP contribution in [0.1, 0.15) is 20.8 Å².